The quantitative estimate of drug-likeness (QED) is 0.935. The van der Waals surface area contributed by atoms with Crippen LogP contribution in [-0.2, 0) is 24.2 Å². The Balaban J connectivity index is 1.50. The zero-order chi connectivity index (χ0) is 14.7. The Morgan fingerprint density at radius 2 is 2.29 bits per heavy atom. The first-order valence-corrected chi connectivity index (χ1v) is 7.56. The molecule has 0 aliphatic carbocycles. The normalized spacial score (nSPS) is 17.3. The van der Waals surface area contributed by atoms with Crippen LogP contribution >= 0.6 is 0 Å². The van der Waals surface area contributed by atoms with Gasteiger partial charge in [-0.2, -0.15) is 0 Å². The molecule has 1 amide bonds. The van der Waals surface area contributed by atoms with Crippen LogP contribution in [0.2, 0.25) is 0 Å². The second-order valence-electron chi connectivity index (χ2n) is 5.72. The number of amides is 1. The Morgan fingerprint density at radius 3 is 3.14 bits per heavy atom. The highest BCUT2D eigenvalue weighted by Crippen LogP contribution is 2.14. The molecule has 0 fully saturated rings. The summed E-state index contributed by atoms with van der Waals surface area (Å²) < 4.78 is 2.16. The van der Waals surface area contributed by atoms with Crippen molar-refractivity contribution >= 4 is 5.91 Å². The van der Waals surface area contributed by atoms with Crippen molar-refractivity contribution in [2.24, 2.45) is 0 Å². The van der Waals surface area contributed by atoms with Crippen LogP contribution in [0.25, 0.3) is 0 Å². The molecule has 1 atom stereocenters. The molecule has 110 valence electrons. The topological polar surface area (TPSA) is 46.9 Å². The fourth-order valence-corrected chi connectivity index (χ4v) is 2.91. The molecule has 3 rings (SSSR count). The van der Waals surface area contributed by atoms with Gasteiger partial charge in [-0.3, -0.25) is 4.79 Å². The monoisotopic (exact) mass is 283 g/mol. The standard InChI is InChI=1S/C17H21N3O/c1-13-4-2-3-5-14(13)6-7-17(21)19-15-8-10-20-11-9-18-16(20)12-15/h2-5,9,11,15H,6-8,10,12H2,1H3,(H,19,21). The molecule has 0 radical (unpaired) electrons. The van der Waals surface area contributed by atoms with E-state index in [1.165, 1.54) is 11.1 Å². The molecule has 0 bridgehead atoms. The number of carbonyl (C=O) groups excluding carboxylic acids is 1. The summed E-state index contributed by atoms with van der Waals surface area (Å²) in [5.41, 5.74) is 2.51. The van der Waals surface area contributed by atoms with Gasteiger partial charge in [0.25, 0.3) is 0 Å². The molecule has 21 heavy (non-hydrogen) atoms. The number of hydrogen-bond donors (Lipinski definition) is 1. The van der Waals surface area contributed by atoms with Crippen LogP contribution in [0, 0.1) is 6.92 Å². The number of nitrogens with zero attached hydrogens (tertiary/aromatic N) is 2. The van der Waals surface area contributed by atoms with E-state index in [9.17, 15) is 4.79 Å². The van der Waals surface area contributed by atoms with Crippen molar-refractivity contribution in [3.05, 3.63) is 53.6 Å². The van der Waals surface area contributed by atoms with Gasteiger partial charge in [-0.15, -0.1) is 0 Å². The highest BCUT2D eigenvalue weighted by atomic mass is 16.1. The van der Waals surface area contributed by atoms with Gasteiger partial charge in [-0.1, -0.05) is 24.3 Å². The summed E-state index contributed by atoms with van der Waals surface area (Å²) in [6.07, 6.45) is 7.02. The van der Waals surface area contributed by atoms with E-state index < -0.39 is 0 Å². The van der Waals surface area contributed by atoms with Crippen molar-refractivity contribution in [1.82, 2.24) is 14.9 Å². The van der Waals surface area contributed by atoms with Crippen LogP contribution in [0.4, 0.5) is 0 Å². The average molecular weight is 283 g/mol. The molecule has 4 heteroatoms. The lowest BCUT2D eigenvalue weighted by atomic mass is 10.0. The van der Waals surface area contributed by atoms with E-state index in [2.05, 4.69) is 33.9 Å². The number of imidazole rings is 1. The number of aromatic nitrogens is 2. The van der Waals surface area contributed by atoms with Crippen LogP contribution < -0.4 is 5.32 Å². The summed E-state index contributed by atoms with van der Waals surface area (Å²) in [5, 5.41) is 3.15. The molecular formula is C17H21N3O. The molecule has 1 aliphatic rings. The molecule has 1 aliphatic heterocycles. The highest BCUT2D eigenvalue weighted by Gasteiger charge is 2.20. The first-order chi connectivity index (χ1) is 10.2. The fourth-order valence-electron chi connectivity index (χ4n) is 2.91. The van der Waals surface area contributed by atoms with E-state index in [1.54, 1.807) is 0 Å². The smallest absolute Gasteiger partial charge is 0.220 e. The van der Waals surface area contributed by atoms with Gasteiger partial charge in [0.05, 0.1) is 0 Å². The minimum atomic E-state index is 0.142. The lowest BCUT2D eigenvalue weighted by Gasteiger charge is -2.24. The average Bonchev–Trinajstić information content (AvgIpc) is 2.94. The van der Waals surface area contributed by atoms with E-state index in [4.69, 9.17) is 0 Å². The number of rotatable bonds is 4. The van der Waals surface area contributed by atoms with Gasteiger partial charge in [0.2, 0.25) is 5.91 Å². The van der Waals surface area contributed by atoms with Crippen molar-refractivity contribution in [1.29, 1.82) is 0 Å². The van der Waals surface area contributed by atoms with E-state index >= 15 is 0 Å². The van der Waals surface area contributed by atoms with Gasteiger partial charge in [0, 0.05) is 37.8 Å². The van der Waals surface area contributed by atoms with Crippen molar-refractivity contribution in [2.75, 3.05) is 0 Å². The minimum absolute atomic E-state index is 0.142. The molecule has 0 saturated carbocycles. The van der Waals surface area contributed by atoms with Crippen molar-refractivity contribution in [2.45, 2.75) is 45.2 Å². The summed E-state index contributed by atoms with van der Waals surface area (Å²) in [5.74, 6) is 1.22. The molecule has 4 nitrogen and oxygen atoms in total. The van der Waals surface area contributed by atoms with Crippen molar-refractivity contribution in [3.8, 4) is 0 Å². The van der Waals surface area contributed by atoms with Gasteiger partial charge >= 0.3 is 0 Å². The molecular weight excluding hydrogens is 262 g/mol. The second kappa shape index (κ2) is 6.12. The molecule has 1 unspecified atom stereocenters. The molecule has 0 spiro atoms. The summed E-state index contributed by atoms with van der Waals surface area (Å²) in [4.78, 5) is 16.4. The van der Waals surface area contributed by atoms with Gasteiger partial charge < -0.3 is 9.88 Å². The predicted molar refractivity (Wildman–Crippen MR) is 82.0 cm³/mol. The molecule has 1 aromatic heterocycles. The summed E-state index contributed by atoms with van der Waals surface area (Å²) in [6.45, 7) is 3.03. The summed E-state index contributed by atoms with van der Waals surface area (Å²) in [6, 6.07) is 8.47. The van der Waals surface area contributed by atoms with Crippen LogP contribution in [0.5, 0.6) is 0 Å². The molecule has 1 aromatic carbocycles. The molecule has 2 heterocycles. The fraction of sp³-hybridized carbons (Fsp3) is 0.412. The van der Waals surface area contributed by atoms with Crippen molar-refractivity contribution < 1.29 is 4.79 Å². The SMILES string of the molecule is Cc1ccccc1CCC(=O)NC1CCn2ccnc2C1. The van der Waals surface area contributed by atoms with E-state index in [0.29, 0.717) is 6.42 Å². The second-order valence-corrected chi connectivity index (χ2v) is 5.72. The molecule has 0 saturated heterocycles. The lowest BCUT2D eigenvalue weighted by Crippen LogP contribution is -2.40. The highest BCUT2D eigenvalue weighted by molar-refractivity contribution is 5.76. The maximum absolute atomic E-state index is 12.1. The van der Waals surface area contributed by atoms with Gasteiger partial charge in [-0.25, -0.2) is 4.98 Å². The predicted octanol–water partition coefficient (Wildman–Crippen LogP) is 2.26. The van der Waals surface area contributed by atoms with Crippen LogP contribution in [0.1, 0.15) is 29.8 Å². The zero-order valence-electron chi connectivity index (χ0n) is 12.4. The summed E-state index contributed by atoms with van der Waals surface area (Å²) >= 11 is 0. The van der Waals surface area contributed by atoms with Crippen LogP contribution in [-0.4, -0.2) is 21.5 Å². The van der Waals surface area contributed by atoms with Crippen LogP contribution in [0.15, 0.2) is 36.7 Å². The third-order valence-corrected chi connectivity index (χ3v) is 4.20. The lowest BCUT2D eigenvalue weighted by molar-refractivity contribution is -0.121. The van der Waals surface area contributed by atoms with Crippen molar-refractivity contribution in [3.63, 3.8) is 0 Å². The largest absolute Gasteiger partial charge is 0.353 e. The third kappa shape index (κ3) is 3.32. The zero-order valence-corrected chi connectivity index (χ0v) is 12.4. The number of fused-ring (bicyclic) bond motifs is 1. The van der Waals surface area contributed by atoms with Crippen LogP contribution in [0.3, 0.4) is 0 Å². The third-order valence-electron chi connectivity index (χ3n) is 4.20. The first kappa shape index (κ1) is 13.9. The summed E-state index contributed by atoms with van der Waals surface area (Å²) in [7, 11) is 0. The Labute approximate surface area is 125 Å². The maximum Gasteiger partial charge on any atom is 0.220 e. The Bertz CT molecular complexity index is 632. The number of aryl methyl sites for hydroxylation is 3. The Morgan fingerprint density at radius 1 is 1.43 bits per heavy atom. The van der Waals surface area contributed by atoms with Gasteiger partial charge in [0.15, 0.2) is 0 Å². The Kier molecular flexibility index (Phi) is 4.04. The van der Waals surface area contributed by atoms with E-state index in [1.807, 2.05) is 24.5 Å². The number of hydrogen-bond acceptors (Lipinski definition) is 2. The molecule has 1 N–H and O–H groups in total. The van der Waals surface area contributed by atoms with E-state index in [-0.39, 0.29) is 11.9 Å². The van der Waals surface area contributed by atoms with Gasteiger partial charge in [0.1, 0.15) is 5.82 Å². The Hall–Kier alpha value is -2.10. The first-order valence-electron chi connectivity index (χ1n) is 7.56. The number of nitrogens with one attached hydrogen (secondary N) is 1. The van der Waals surface area contributed by atoms with Gasteiger partial charge in [-0.05, 0) is 30.9 Å². The van der Waals surface area contributed by atoms with E-state index in [0.717, 1.165) is 31.6 Å². The number of benzene rings is 1. The number of carbonyl (C=O) groups is 1. The molecule has 2 aromatic rings. The minimum Gasteiger partial charge on any atom is -0.353 e. The maximum atomic E-state index is 12.1.